The predicted octanol–water partition coefficient (Wildman–Crippen LogP) is 1.71. The van der Waals surface area contributed by atoms with Gasteiger partial charge in [-0.3, -0.25) is 20.4 Å². The molecule has 2 amide bonds. The molecule has 116 valence electrons. The Labute approximate surface area is 132 Å². The number of hydrogen-bond acceptors (Lipinski definition) is 4. The Balaban J connectivity index is 2.24. The highest BCUT2D eigenvalue weighted by Gasteiger charge is 2.06. The Morgan fingerprint density at radius 3 is 2.62 bits per heavy atom. The van der Waals surface area contributed by atoms with Gasteiger partial charge in [0.1, 0.15) is 5.75 Å². The van der Waals surface area contributed by atoms with Gasteiger partial charge in [0.2, 0.25) is 5.91 Å². The monoisotopic (exact) mass is 358 g/mol. The van der Waals surface area contributed by atoms with Crippen molar-refractivity contribution < 1.29 is 19.1 Å². The molecule has 0 saturated heterocycles. The van der Waals surface area contributed by atoms with E-state index in [0.29, 0.717) is 19.0 Å². The molecule has 1 aromatic carbocycles. The second kappa shape index (κ2) is 9.36. The number of benzene rings is 1. The summed E-state index contributed by atoms with van der Waals surface area (Å²) >= 11 is 3.38. The fourth-order valence-electron chi connectivity index (χ4n) is 1.40. The van der Waals surface area contributed by atoms with Crippen LogP contribution in [0.3, 0.4) is 0 Å². The van der Waals surface area contributed by atoms with E-state index in [1.165, 1.54) is 0 Å². The van der Waals surface area contributed by atoms with Crippen LogP contribution in [0.5, 0.6) is 5.75 Å². The molecule has 0 atom stereocenters. The minimum Gasteiger partial charge on any atom is -0.484 e. The van der Waals surface area contributed by atoms with Crippen molar-refractivity contribution >= 4 is 27.7 Å². The van der Waals surface area contributed by atoms with E-state index in [1.54, 1.807) is 6.07 Å². The summed E-state index contributed by atoms with van der Waals surface area (Å²) in [6.07, 6.45) is 0.195. The number of aryl methyl sites for hydroxylation is 1. The first-order valence-electron chi connectivity index (χ1n) is 6.57. The molecule has 0 bridgehead atoms. The van der Waals surface area contributed by atoms with E-state index >= 15 is 0 Å². The molecular weight excluding hydrogens is 340 g/mol. The number of halogens is 1. The third kappa shape index (κ3) is 7.10. The van der Waals surface area contributed by atoms with Crippen molar-refractivity contribution in [1.29, 1.82) is 0 Å². The first kappa shape index (κ1) is 17.5. The third-order valence-electron chi connectivity index (χ3n) is 2.52. The minimum absolute atomic E-state index is 0.174. The first-order valence-corrected chi connectivity index (χ1v) is 7.36. The Hall–Kier alpha value is -1.60. The van der Waals surface area contributed by atoms with Crippen LogP contribution in [0.4, 0.5) is 0 Å². The van der Waals surface area contributed by atoms with E-state index in [1.807, 2.05) is 26.0 Å². The number of hydrazine groups is 1. The molecule has 6 nitrogen and oxygen atoms in total. The minimum atomic E-state index is -0.430. The molecule has 0 spiro atoms. The summed E-state index contributed by atoms with van der Waals surface area (Å²) in [7, 11) is 0. The average Bonchev–Trinajstić information content (AvgIpc) is 2.46. The molecule has 0 aliphatic carbocycles. The molecule has 0 aliphatic heterocycles. The van der Waals surface area contributed by atoms with Gasteiger partial charge in [0.15, 0.2) is 6.61 Å². The molecule has 0 fully saturated rings. The van der Waals surface area contributed by atoms with Crippen molar-refractivity contribution in [1.82, 2.24) is 10.9 Å². The number of carbonyl (C=O) groups is 2. The molecule has 0 aromatic heterocycles. The van der Waals surface area contributed by atoms with Gasteiger partial charge in [-0.05, 0) is 37.6 Å². The number of nitrogens with one attached hydrogen (secondary N) is 2. The first-order chi connectivity index (χ1) is 10.0. The van der Waals surface area contributed by atoms with E-state index in [2.05, 4.69) is 26.8 Å². The fraction of sp³-hybridized carbons (Fsp3) is 0.429. The van der Waals surface area contributed by atoms with Gasteiger partial charge in [0, 0.05) is 11.1 Å². The van der Waals surface area contributed by atoms with Crippen LogP contribution in [0.25, 0.3) is 0 Å². The van der Waals surface area contributed by atoms with Crippen molar-refractivity contribution in [2.24, 2.45) is 0 Å². The molecule has 0 heterocycles. The predicted molar refractivity (Wildman–Crippen MR) is 81.8 cm³/mol. The lowest BCUT2D eigenvalue weighted by Crippen LogP contribution is -2.44. The van der Waals surface area contributed by atoms with Crippen LogP contribution in [0.2, 0.25) is 0 Å². The van der Waals surface area contributed by atoms with Gasteiger partial charge in [-0.25, -0.2) is 0 Å². The lowest BCUT2D eigenvalue weighted by Gasteiger charge is -2.09. The standard InChI is InChI=1S/C14H19BrN2O4/c1-3-20-7-6-13(18)16-17-14(19)9-21-11-4-5-12(15)10(2)8-11/h4-5,8H,3,6-7,9H2,1-2H3,(H,16,18)(H,17,19). The average molecular weight is 359 g/mol. The molecule has 0 radical (unpaired) electrons. The van der Waals surface area contributed by atoms with Gasteiger partial charge in [-0.1, -0.05) is 15.9 Å². The maximum absolute atomic E-state index is 11.5. The van der Waals surface area contributed by atoms with Crippen molar-refractivity contribution in [3.8, 4) is 5.75 Å². The van der Waals surface area contributed by atoms with Gasteiger partial charge < -0.3 is 9.47 Å². The summed E-state index contributed by atoms with van der Waals surface area (Å²) in [5.41, 5.74) is 5.58. The highest BCUT2D eigenvalue weighted by molar-refractivity contribution is 9.10. The van der Waals surface area contributed by atoms with Crippen molar-refractivity contribution in [3.63, 3.8) is 0 Å². The van der Waals surface area contributed by atoms with Crippen molar-refractivity contribution in [2.45, 2.75) is 20.3 Å². The number of carbonyl (C=O) groups excluding carboxylic acids is 2. The van der Waals surface area contributed by atoms with E-state index < -0.39 is 5.91 Å². The van der Waals surface area contributed by atoms with Crippen LogP contribution in [0.15, 0.2) is 22.7 Å². The molecule has 2 N–H and O–H groups in total. The van der Waals surface area contributed by atoms with E-state index in [4.69, 9.17) is 9.47 Å². The molecule has 0 aliphatic rings. The quantitative estimate of drug-likeness (QED) is 0.574. The van der Waals surface area contributed by atoms with Gasteiger partial charge in [-0.15, -0.1) is 0 Å². The third-order valence-corrected chi connectivity index (χ3v) is 3.41. The lowest BCUT2D eigenvalue weighted by molar-refractivity contribution is -0.130. The molecule has 21 heavy (non-hydrogen) atoms. The Morgan fingerprint density at radius 1 is 1.24 bits per heavy atom. The second-order valence-electron chi connectivity index (χ2n) is 4.24. The SMILES string of the molecule is CCOCCC(=O)NNC(=O)COc1ccc(Br)c(C)c1. The largest absolute Gasteiger partial charge is 0.484 e. The highest BCUT2D eigenvalue weighted by Crippen LogP contribution is 2.21. The maximum atomic E-state index is 11.5. The zero-order valence-electron chi connectivity index (χ0n) is 12.1. The summed E-state index contributed by atoms with van der Waals surface area (Å²) < 4.78 is 11.3. The molecule has 1 rings (SSSR count). The summed E-state index contributed by atoms with van der Waals surface area (Å²) in [5, 5.41) is 0. The topological polar surface area (TPSA) is 76.7 Å². The normalized spacial score (nSPS) is 10.0. The summed E-state index contributed by atoms with van der Waals surface area (Å²) in [6, 6.07) is 5.42. The summed E-state index contributed by atoms with van der Waals surface area (Å²) in [4.78, 5) is 22.8. The van der Waals surface area contributed by atoms with Gasteiger partial charge in [-0.2, -0.15) is 0 Å². The highest BCUT2D eigenvalue weighted by atomic mass is 79.9. The van der Waals surface area contributed by atoms with E-state index in [-0.39, 0.29) is 18.9 Å². The Morgan fingerprint density at radius 2 is 1.95 bits per heavy atom. The van der Waals surface area contributed by atoms with Crippen molar-refractivity contribution in [3.05, 3.63) is 28.2 Å². The van der Waals surface area contributed by atoms with Crippen LogP contribution in [-0.2, 0) is 14.3 Å². The number of amides is 2. The Kier molecular flexibility index (Phi) is 7.78. The van der Waals surface area contributed by atoms with Crippen LogP contribution >= 0.6 is 15.9 Å². The van der Waals surface area contributed by atoms with E-state index in [0.717, 1.165) is 10.0 Å². The lowest BCUT2D eigenvalue weighted by atomic mass is 10.2. The number of hydrogen-bond donors (Lipinski definition) is 2. The molecular formula is C14H19BrN2O4. The number of ether oxygens (including phenoxy) is 2. The van der Waals surface area contributed by atoms with Crippen LogP contribution in [0.1, 0.15) is 18.9 Å². The molecule has 0 saturated carbocycles. The van der Waals surface area contributed by atoms with Crippen LogP contribution < -0.4 is 15.6 Å². The van der Waals surface area contributed by atoms with Gasteiger partial charge >= 0.3 is 0 Å². The number of rotatable bonds is 7. The molecule has 7 heteroatoms. The zero-order valence-corrected chi connectivity index (χ0v) is 13.7. The Bertz CT molecular complexity index is 494. The fourth-order valence-corrected chi connectivity index (χ4v) is 1.65. The van der Waals surface area contributed by atoms with Gasteiger partial charge in [0.05, 0.1) is 13.0 Å². The summed E-state index contributed by atoms with van der Waals surface area (Å²) in [5.74, 6) is -0.148. The zero-order chi connectivity index (χ0) is 15.7. The van der Waals surface area contributed by atoms with Crippen LogP contribution in [-0.4, -0.2) is 31.6 Å². The molecule has 0 unspecified atom stereocenters. The maximum Gasteiger partial charge on any atom is 0.276 e. The van der Waals surface area contributed by atoms with Crippen LogP contribution in [0, 0.1) is 6.92 Å². The van der Waals surface area contributed by atoms with Crippen molar-refractivity contribution in [2.75, 3.05) is 19.8 Å². The molecule has 1 aromatic rings. The second-order valence-corrected chi connectivity index (χ2v) is 5.10. The van der Waals surface area contributed by atoms with E-state index in [9.17, 15) is 9.59 Å². The smallest absolute Gasteiger partial charge is 0.276 e. The summed E-state index contributed by atoms with van der Waals surface area (Å²) in [6.45, 7) is 4.48. The van der Waals surface area contributed by atoms with Gasteiger partial charge in [0.25, 0.3) is 5.91 Å².